The average molecular weight is 176 g/mol. The third-order valence-electron chi connectivity index (χ3n) is 1.06. The molecule has 0 rings (SSSR count). The predicted octanol–water partition coefficient (Wildman–Crippen LogP) is -0.546. The summed E-state index contributed by atoms with van der Waals surface area (Å²) in [4.78, 5) is 0. The van der Waals surface area contributed by atoms with Crippen LogP contribution in [0.5, 0.6) is 0 Å². The quantitative estimate of drug-likeness (QED) is 0.436. The lowest BCUT2D eigenvalue weighted by atomic mass is 10.3. The molecule has 0 fully saturated rings. The summed E-state index contributed by atoms with van der Waals surface area (Å²) in [7, 11) is -1.92. The first-order chi connectivity index (χ1) is 5.12. The van der Waals surface area contributed by atoms with E-state index in [4.69, 9.17) is 6.42 Å². The summed E-state index contributed by atoms with van der Waals surface area (Å²) in [5, 5.41) is 0. The first-order valence-electron chi connectivity index (χ1n) is 3.24. The van der Waals surface area contributed by atoms with Gasteiger partial charge in [-0.2, -0.15) is 8.42 Å². The Bertz CT molecular complexity index is 227. The van der Waals surface area contributed by atoms with Crippen LogP contribution in [0.2, 0.25) is 0 Å². The largest absolute Gasteiger partial charge is 0.276 e. The maximum absolute atomic E-state index is 10.7. The smallest absolute Gasteiger partial charge is 0.205 e. The monoisotopic (exact) mass is 176 g/mol. The van der Waals surface area contributed by atoms with Gasteiger partial charge in [-0.1, -0.05) is 0 Å². The topological polar surface area (TPSA) is 58.2 Å². The maximum atomic E-state index is 10.7. The van der Waals surface area contributed by atoms with E-state index in [-0.39, 0.29) is 0 Å². The molecule has 11 heavy (non-hydrogen) atoms. The van der Waals surface area contributed by atoms with Crippen LogP contribution < -0.4 is 9.44 Å². The van der Waals surface area contributed by atoms with Crippen LogP contribution in [0.15, 0.2) is 0 Å². The lowest BCUT2D eigenvalue weighted by Gasteiger charge is -2.01. The van der Waals surface area contributed by atoms with Gasteiger partial charge in [0.1, 0.15) is 0 Å². The third kappa shape index (κ3) is 5.85. The highest BCUT2D eigenvalue weighted by Gasteiger charge is 2.02. The molecule has 0 aliphatic rings. The Morgan fingerprint density at radius 3 is 2.64 bits per heavy atom. The molecule has 0 spiro atoms. The van der Waals surface area contributed by atoms with Crippen molar-refractivity contribution in [3.8, 4) is 12.3 Å². The van der Waals surface area contributed by atoms with E-state index in [9.17, 15) is 8.42 Å². The molecule has 0 saturated carbocycles. The minimum Gasteiger partial charge on any atom is -0.205 e. The van der Waals surface area contributed by atoms with Crippen LogP contribution in [0.25, 0.3) is 0 Å². The zero-order chi connectivity index (χ0) is 8.74. The molecule has 0 aromatic carbocycles. The second kappa shape index (κ2) is 5.13. The van der Waals surface area contributed by atoms with Crippen molar-refractivity contribution < 1.29 is 8.42 Å². The van der Waals surface area contributed by atoms with Crippen LogP contribution in [0.3, 0.4) is 0 Å². The number of terminal acetylenes is 1. The first-order valence-corrected chi connectivity index (χ1v) is 4.72. The number of unbranched alkanes of at least 4 members (excludes halogenated alkanes) is 1. The Kier molecular flexibility index (Phi) is 4.86. The van der Waals surface area contributed by atoms with Crippen LogP contribution in [-0.4, -0.2) is 22.0 Å². The molecule has 64 valence electrons. The van der Waals surface area contributed by atoms with E-state index in [0.29, 0.717) is 19.4 Å². The second-order valence-corrected chi connectivity index (χ2v) is 3.61. The Morgan fingerprint density at radius 1 is 1.55 bits per heavy atom. The molecule has 2 N–H and O–H groups in total. The van der Waals surface area contributed by atoms with Gasteiger partial charge in [-0.05, 0) is 6.42 Å². The van der Waals surface area contributed by atoms with Crippen molar-refractivity contribution in [1.82, 2.24) is 9.44 Å². The van der Waals surface area contributed by atoms with Crippen molar-refractivity contribution in [1.29, 1.82) is 0 Å². The maximum Gasteiger partial charge on any atom is 0.276 e. The Hall–Kier alpha value is -0.570. The van der Waals surface area contributed by atoms with Gasteiger partial charge in [0.05, 0.1) is 0 Å². The lowest BCUT2D eigenvalue weighted by Crippen LogP contribution is -2.34. The highest BCUT2D eigenvalue weighted by atomic mass is 32.2. The molecule has 0 radical (unpaired) electrons. The van der Waals surface area contributed by atoms with E-state index in [1.807, 2.05) is 0 Å². The molecule has 5 heteroatoms. The molecule has 0 aromatic heterocycles. The van der Waals surface area contributed by atoms with Crippen molar-refractivity contribution >= 4 is 10.2 Å². The summed E-state index contributed by atoms with van der Waals surface area (Å²) in [6.45, 7) is 0.382. The van der Waals surface area contributed by atoms with Gasteiger partial charge >= 0.3 is 0 Å². The number of hydrogen-bond donors (Lipinski definition) is 2. The Labute approximate surface area is 67.6 Å². The van der Waals surface area contributed by atoms with E-state index in [1.54, 1.807) is 0 Å². The van der Waals surface area contributed by atoms with E-state index in [1.165, 1.54) is 7.05 Å². The SMILES string of the molecule is C#CCCCNS(=O)(=O)NC. The van der Waals surface area contributed by atoms with Gasteiger partial charge in [0.2, 0.25) is 0 Å². The number of hydrogen-bond acceptors (Lipinski definition) is 2. The van der Waals surface area contributed by atoms with E-state index in [2.05, 4.69) is 15.4 Å². The fourth-order valence-corrected chi connectivity index (χ4v) is 1.03. The fraction of sp³-hybridized carbons (Fsp3) is 0.667. The minimum atomic E-state index is -3.27. The van der Waals surface area contributed by atoms with Crippen molar-refractivity contribution in [2.24, 2.45) is 0 Å². The van der Waals surface area contributed by atoms with Gasteiger partial charge in [0.15, 0.2) is 0 Å². The van der Waals surface area contributed by atoms with Crippen LogP contribution in [0, 0.1) is 12.3 Å². The molecule has 0 atom stereocenters. The summed E-state index contributed by atoms with van der Waals surface area (Å²) in [5.74, 6) is 2.42. The first kappa shape index (κ1) is 10.4. The molecule has 0 unspecified atom stereocenters. The molecule has 0 bridgehead atoms. The Morgan fingerprint density at radius 2 is 2.18 bits per heavy atom. The molecule has 4 nitrogen and oxygen atoms in total. The summed E-state index contributed by atoms with van der Waals surface area (Å²) in [6, 6.07) is 0. The third-order valence-corrected chi connectivity index (χ3v) is 2.18. The highest BCUT2D eigenvalue weighted by Crippen LogP contribution is 1.83. The van der Waals surface area contributed by atoms with Crippen LogP contribution >= 0.6 is 0 Å². The van der Waals surface area contributed by atoms with Gasteiger partial charge in [0, 0.05) is 20.0 Å². The van der Waals surface area contributed by atoms with Gasteiger partial charge < -0.3 is 0 Å². The molecule has 0 aliphatic carbocycles. The molecule has 0 heterocycles. The summed E-state index contributed by atoms with van der Waals surface area (Å²) < 4.78 is 25.8. The summed E-state index contributed by atoms with van der Waals surface area (Å²) in [5.41, 5.74) is 0. The van der Waals surface area contributed by atoms with Gasteiger partial charge in [-0.3, -0.25) is 0 Å². The molecule has 0 saturated heterocycles. The van der Waals surface area contributed by atoms with E-state index >= 15 is 0 Å². The van der Waals surface area contributed by atoms with Crippen molar-refractivity contribution in [3.05, 3.63) is 0 Å². The second-order valence-electron chi connectivity index (χ2n) is 1.91. The van der Waals surface area contributed by atoms with Crippen LogP contribution in [0.4, 0.5) is 0 Å². The summed E-state index contributed by atoms with van der Waals surface area (Å²) >= 11 is 0. The molecule has 0 aliphatic heterocycles. The number of rotatable bonds is 5. The number of nitrogens with one attached hydrogen (secondary N) is 2. The lowest BCUT2D eigenvalue weighted by molar-refractivity contribution is 0.571. The van der Waals surface area contributed by atoms with Gasteiger partial charge in [-0.25, -0.2) is 9.44 Å². The average Bonchev–Trinajstić information content (AvgIpc) is 1.99. The van der Waals surface area contributed by atoms with Crippen LogP contribution in [-0.2, 0) is 10.2 Å². The highest BCUT2D eigenvalue weighted by molar-refractivity contribution is 7.87. The molecule has 0 aromatic rings. The zero-order valence-electron chi connectivity index (χ0n) is 6.42. The predicted molar refractivity (Wildman–Crippen MR) is 44.0 cm³/mol. The Balaban J connectivity index is 3.49. The summed E-state index contributed by atoms with van der Waals surface area (Å²) in [6.07, 6.45) is 6.22. The van der Waals surface area contributed by atoms with Crippen LogP contribution in [0.1, 0.15) is 12.8 Å². The molecular formula is C6H12N2O2S. The zero-order valence-corrected chi connectivity index (χ0v) is 7.24. The van der Waals surface area contributed by atoms with E-state index in [0.717, 1.165) is 0 Å². The minimum absolute atomic E-state index is 0.382. The fourth-order valence-electron chi connectivity index (χ4n) is 0.469. The standard InChI is InChI=1S/C6H12N2O2S/c1-3-4-5-6-8-11(9,10)7-2/h1,7-8H,4-6H2,2H3. The van der Waals surface area contributed by atoms with Crippen molar-refractivity contribution in [3.63, 3.8) is 0 Å². The molecule has 0 amide bonds. The van der Waals surface area contributed by atoms with Gasteiger partial charge in [0.25, 0.3) is 10.2 Å². The van der Waals surface area contributed by atoms with E-state index < -0.39 is 10.2 Å². The normalized spacial score (nSPS) is 10.9. The van der Waals surface area contributed by atoms with Gasteiger partial charge in [-0.15, -0.1) is 12.3 Å². The molecular weight excluding hydrogens is 164 g/mol. The van der Waals surface area contributed by atoms with Crippen molar-refractivity contribution in [2.45, 2.75) is 12.8 Å². The van der Waals surface area contributed by atoms with Crippen molar-refractivity contribution in [2.75, 3.05) is 13.6 Å².